The Hall–Kier alpha value is -1.40. The third-order valence-corrected chi connectivity index (χ3v) is 6.36. The van der Waals surface area contributed by atoms with Crippen molar-refractivity contribution in [3.8, 4) is 0 Å². The van der Waals surface area contributed by atoms with Gasteiger partial charge in [-0.15, -0.1) is 11.8 Å². The van der Waals surface area contributed by atoms with Gasteiger partial charge in [-0.3, -0.25) is 9.59 Å². The van der Waals surface area contributed by atoms with E-state index in [0.29, 0.717) is 26.4 Å². The van der Waals surface area contributed by atoms with Crippen molar-refractivity contribution in [2.75, 3.05) is 5.75 Å². The maximum Gasteiger partial charge on any atom is 0.242 e. The number of rotatable bonds is 9. The number of thioether (sulfide) groups is 1. The normalized spacial score (nSPS) is 12.0. The molecule has 2 amide bonds. The predicted octanol–water partition coefficient (Wildman–Crippen LogP) is 6.07. The molecule has 0 aromatic heterocycles. The van der Waals surface area contributed by atoms with Gasteiger partial charge in [-0.05, 0) is 57.2 Å². The quantitative estimate of drug-likeness (QED) is 0.437. The Kier molecular flexibility index (Phi) is 9.82. The molecule has 2 aromatic rings. The third kappa shape index (κ3) is 7.38. The number of hydrogen-bond donors (Lipinski definition) is 1. The van der Waals surface area contributed by atoms with Crippen molar-refractivity contribution in [2.24, 2.45) is 0 Å². The summed E-state index contributed by atoms with van der Waals surface area (Å²) >= 11 is 20.1. The van der Waals surface area contributed by atoms with Crippen LogP contribution in [-0.4, -0.2) is 34.6 Å². The summed E-state index contributed by atoms with van der Waals surface area (Å²) in [7, 11) is 0. The van der Waals surface area contributed by atoms with Gasteiger partial charge in [0.1, 0.15) is 6.04 Å². The van der Waals surface area contributed by atoms with Gasteiger partial charge in [0.2, 0.25) is 11.8 Å². The number of nitrogens with zero attached hydrogens (tertiary/aromatic N) is 1. The average Bonchev–Trinajstić information content (AvgIpc) is 2.68. The molecule has 2 rings (SSSR count). The molecule has 1 atom stereocenters. The van der Waals surface area contributed by atoms with E-state index in [9.17, 15) is 9.59 Å². The van der Waals surface area contributed by atoms with E-state index in [-0.39, 0.29) is 30.8 Å². The molecule has 0 aliphatic heterocycles. The number of carbonyl (C=O) groups is 2. The summed E-state index contributed by atoms with van der Waals surface area (Å²) in [6, 6.07) is 12.0. The van der Waals surface area contributed by atoms with Crippen LogP contribution in [-0.2, 0) is 16.1 Å². The van der Waals surface area contributed by atoms with Gasteiger partial charge in [0.15, 0.2) is 0 Å². The summed E-state index contributed by atoms with van der Waals surface area (Å²) in [5, 5.41) is 4.46. The zero-order valence-electron chi connectivity index (χ0n) is 17.1. The Balaban J connectivity index is 2.13. The maximum atomic E-state index is 13.1. The van der Waals surface area contributed by atoms with Crippen LogP contribution in [0, 0.1) is 0 Å². The first-order chi connectivity index (χ1) is 14.2. The van der Waals surface area contributed by atoms with Crippen LogP contribution in [0.25, 0.3) is 0 Å². The molecule has 0 aliphatic rings. The minimum Gasteiger partial charge on any atom is -0.352 e. The van der Waals surface area contributed by atoms with Crippen LogP contribution in [0.1, 0.15) is 32.8 Å². The molecule has 0 heterocycles. The molecular weight excluding hydrogens is 463 g/mol. The molecule has 0 radical (unpaired) electrons. The van der Waals surface area contributed by atoms with Crippen molar-refractivity contribution in [1.29, 1.82) is 0 Å². The first-order valence-corrected chi connectivity index (χ1v) is 11.7. The molecule has 0 saturated heterocycles. The zero-order valence-corrected chi connectivity index (χ0v) is 20.2. The lowest BCUT2D eigenvalue weighted by atomic mass is 10.1. The average molecular weight is 488 g/mol. The summed E-state index contributed by atoms with van der Waals surface area (Å²) in [5.41, 5.74) is 0.628. The van der Waals surface area contributed by atoms with Crippen LogP contribution >= 0.6 is 46.6 Å². The molecule has 0 fully saturated rings. The monoisotopic (exact) mass is 486 g/mol. The lowest BCUT2D eigenvalue weighted by Gasteiger charge is -2.30. The first kappa shape index (κ1) is 24.9. The van der Waals surface area contributed by atoms with Crippen molar-refractivity contribution in [3.05, 3.63) is 63.1 Å². The minimum atomic E-state index is -0.659. The van der Waals surface area contributed by atoms with Gasteiger partial charge in [-0.25, -0.2) is 0 Å². The molecule has 1 N–H and O–H groups in total. The molecule has 0 unspecified atom stereocenters. The Morgan fingerprint density at radius 2 is 1.60 bits per heavy atom. The van der Waals surface area contributed by atoms with Crippen LogP contribution < -0.4 is 5.32 Å². The molecule has 30 heavy (non-hydrogen) atoms. The van der Waals surface area contributed by atoms with Gasteiger partial charge < -0.3 is 10.2 Å². The van der Waals surface area contributed by atoms with E-state index in [2.05, 4.69) is 5.32 Å². The van der Waals surface area contributed by atoms with E-state index in [1.165, 1.54) is 4.90 Å². The highest BCUT2D eigenvalue weighted by Gasteiger charge is 2.27. The van der Waals surface area contributed by atoms with E-state index in [1.807, 2.05) is 38.1 Å². The molecule has 0 saturated carbocycles. The molecule has 0 aliphatic carbocycles. The summed E-state index contributed by atoms with van der Waals surface area (Å²) in [5.74, 6) is 0.219. The van der Waals surface area contributed by atoms with Crippen molar-refractivity contribution in [2.45, 2.75) is 50.7 Å². The second-order valence-electron chi connectivity index (χ2n) is 7.11. The Morgan fingerprint density at radius 3 is 2.17 bits per heavy atom. The van der Waals surface area contributed by atoms with Gasteiger partial charge in [0.05, 0.1) is 0 Å². The molecule has 162 valence electrons. The number of hydrogen-bond acceptors (Lipinski definition) is 3. The van der Waals surface area contributed by atoms with Gasteiger partial charge in [0.25, 0.3) is 0 Å². The van der Waals surface area contributed by atoms with Crippen LogP contribution in [0.5, 0.6) is 0 Å². The fraction of sp³-hybridized carbons (Fsp3) is 0.364. The number of amides is 2. The molecule has 4 nitrogen and oxygen atoms in total. The van der Waals surface area contributed by atoms with Crippen LogP contribution in [0.2, 0.25) is 15.1 Å². The molecule has 0 spiro atoms. The highest BCUT2D eigenvalue weighted by Crippen LogP contribution is 2.27. The fourth-order valence-electron chi connectivity index (χ4n) is 2.77. The van der Waals surface area contributed by atoms with Gasteiger partial charge in [-0.1, -0.05) is 40.9 Å². The second kappa shape index (κ2) is 11.8. The maximum absolute atomic E-state index is 13.1. The predicted molar refractivity (Wildman–Crippen MR) is 127 cm³/mol. The molecule has 0 bridgehead atoms. The highest BCUT2D eigenvalue weighted by atomic mass is 35.5. The largest absolute Gasteiger partial charge is 0.352 e. The fourth-order valence-corrected chi connectivity index (χ4v) is 4.26. The smallest absolute Gasteiger partial charge is 0.242 e. The lowest BCUT2D eigenvalue weighted by molar-refractivity contribution is -0.140. The number of nitrogens with one attached hydrogen (secondary N) is 1. The van der Waals surface area contributed by atoms with Crippen molar-refractivity contribution in [1.82, 2.24) is 10.2 Å². The highest BCUT2D eigenvalue weighted by molar-refractivity contribution is 7.99. The molecular formula is C22H25Cl3N2O2S. The Morgan fingerprint density at radius 1 is 1.00 bits per heavy atom. The van der Waals surface area contributed by atoms with Crippen molar-refractivity contribution >= 4 is 58.4 Å². The second-order valence-corrected chi connectivity index (χ2v) is 9.53. The third-order valence-electron chi connectivity index (χ3n) is 4.39. The Bertz CT molecular complexity index is 855. The van der Waals surface area contributed by atoms with E-state index >= 15 is 0 Å². The van der Waals surface area contributed by atoms with Crippen molar-refractivity contribution in [3.63, 3.8) is 0 Å². The van der Waals surface area contributed by atoms with E-state index < -0.39 is 6.04 Å². The number of benzene rings is 2. The summed E-state index contributed by atoms with van der Waals surface area (Å²) in [4.78, 5) is 28.2. The van der Waals surface area contributed by atoms with Gasteiger partial charge >= 0.3 is 0 Å². The van der Waals surface area contributed by atoms with E-state index in [4.69, 9.17) is 34.8 Å². The summed E-state index contributed by atoms with van der Waals surface area (Å²) in [6.07, 6.45) is 0.272. The number of carbonyl (C=O) groups excluding carboxylic acids is 2. The first-order valence-electron chi connectivity index (χ1n) is 9.60. The van der Waals surface area contributed by atoms with Crippen LogP contribution in [0.15, 0.2) is 47.4 Å². The molecule has 8 heteroatoms. The van der Waals surface area contributed by atoms with E-state index in [1.54, 1.807) is 36.9 Å². The van der Waals surface area contributed by atoms with Crippen molar-refractivity contribution < 1.29 is 9.59 Å². The van der Waals surface area contributed by atoms with E-state index in [0.717, 1.165) is 4.90 Å². The molecule has 2 aromatic carbocycles. The lowest BCUT2D eigenvalue weighted by Crippen LogP contribution is -2.49. The topological polar surface area (TPSA) is 49.4 Å². The van der Waals surface area contributed by atoms with Gasteiger partial charge in [0, 0.05) is 50.3 Å². The minimum absolute atomic E-state index is 0.0266. The van der Waals surface area contributed by atoms with Crippen LogP contribution in [0.4, 0.5) is 0 Å². The van der Waals surface area contributed by atoms with Gasteiger partial charge in [-0.2, -0.15) is 0 Å². The summed E-state index contributed by atoms with van der Waals surface area (Å²) < 4.78 is 0. The summed E-state index contributed by atoms with van der Waals surface area (Å²) in [6.45, 7) is 5.64. The number of halogens is 3. The van der Waals surface area contributed by atoms with Crippen LogP contribution in [0.3, 0.4) is 0 Å². The standard InChI is InChI=1S/C22H25Cl3N2O2S/c1-14(2)26-22(29)15(3)27(13-18-19(24)5-4-6-20(18)25)21(28)11-12-30-17-9-7-16(23)8-10-17/h4-10,14-15H,11-13H2,1-3H3,(H,26,29)/t15-/m0/s1. The SMILES string of the molecule is CC(C)NC(=O)[C@H](C)N(Cc1c(Cl)cccc1Cl)C(=O)CCSc1ccc(Cl)cc1. The Labute approximate surface area is 197 Å². The zero-order chi connectivity index (χ0) is 22.3.